The third-order valence-corrected chi connectivity index (χ3v) is 4.35. The van der Waals surface area contributed by atoms with Crippen LogP contribution in [0.1, 0.15) is 24.8 Å². The molecule has 0 saturated carbocycles. The number of nitrogens with one attached hydrogen (secondary N) is 1. The second kappa shape index (κ2) is 10.2. The van der Waals surface area contributed by atoms with Crippen molar-refractivity contribution in [3.05, 3.63) is 60.0 Å². The second-order valence-corrected chi connectivity index (χ2v) is 7.07. The van der Waals surface area contributed by atoms with Crippen LogP contribution < -0.4 is 10.1 Å². The van der Waals surface area contributed by atoms with Gasteiger partial charge in [0.05, 0.1) is 6.42 Å². The van der Waals surface area contributed by atoms with E-state index in [4.69, 9.17) is 9.26 Å². The number of nitrogens with zero attached hydrogens (tertiary/aromatic N) is 2. The number of alkyl halides is 3. The fourth-order valence-electron chi connectivity index (χ4n) is 2.68. The predicted molar refractivity (Wildman–Crippen MR) is 110 cm³/mol. The van der Waals surface area contributed by atoms with Crippen LogP contribution in [0.15, 0.2) is 53.1 Å². The first-order chi connectivity index (χ1) is 15.6. The molecule has 1 atom stereocenters. The van der Waals surface area contributed by atoms with Gasteiger partial charge in [-0.2, -0.15) is 4.98 Å². The number of aryl methyl sites for hydroxylation is 2. The number of esters is 1. The van der Waals surface area contributed by atoms with E-state index in [-0.39, 0.29) is 24.4 Å². The van der Waals surface area contributed by atoms with Gasteiger partial charge in [-0.25, -0.2) is 0 Å². The minimum absolute atomic E-state index is 0.0867. The Morgan fingerprint density at radius 2 is 1.76 bits per heavy atom. The maximum atomic E-state index is 12.2. The SMILES string of the molecule is Cc1ccc(-c2noc(CCC(=O)OC(C)C(=O)Nc3ccc(OC(F)(F)F)cc3)n2)cc1. The molecule has 174 valence electrons. The molecule has 0 aliphatic heterocycles. The molecule has 8 nitrogen and oxygen atoms in total. The smallest absolute Gasteiger partial charge is 0.453 e. The third-order valence-electron chi connectivity index (χ3n) is 4.35. The van der Waals surface area contributed by atoms with Gasteiger partial charge in [-0.05, 0) is 38.1 Å². The molecule has 2 aromatic carbocycles. The van der Waals surface area contributed by atoms with Crippen molar-refractivity contribution in [2.45, 2.75) is 39.2 Å². The monoisotopic (exact) mass is 463 g/mol. The topological polar surface area (TPSA) is 104 Å². The average Bonchev–Trinajstić information content (AvgIpc) is 3.22. The largest absolute Gasteiger partial charge is 0.573 e. The first-order valence-electron chi connectivity index (χ1n) is 9.85. The summed E-state index contributed by atoms with van der Waals surface area (Å²) in [6, 6.07) is 12.1. The number of anilines is 1. The lowest BCUT2D eigenvalue weighted by Crippen LogP contribution is -2.30. The highest BCUT2D eigenvalue weighted by molar-refractivity contribution is 5.95. The summed E-state index contributed by atoms with van der Waals surface area (Å²) < 4.78 is 50.6. The van der Waals surface area contributed by atoms with Crippen molar-refractivity contribution < 1.29 is 36.8 Å². The highest BCUT2D eigenvalue weighted by atomic mass is 19.4. The van der Waals surface area contributed by atoms with Gasteiger partial charge in [0.2, 0.25) is 11.7 Å². The highest BCUT2D eigenvalue weighted by Gasteiger charge is 2.31. The molecule has 0 radical (unpaired) electrons. The molecular weight excluding hydrogens is 443 g/mol. The van der Waals surface area contributed by atoms with Crippen LogP contribution in [0.4, 0.5) is 18.9 Å². The standard InChI is InChI=1S/C22H20F3N3O5/c1-13-3-5-15(6-4-13)20-27-18(33-28-20)11-12-19(29)31-14(2)21(30)26-16-7-9-17(10-8-16)32-22(23,24)25/h3-10,14H,11-12H2,1-2H3,(H,26,30). The van der Waals surface area contributed by atoms with E-state index in [1.165, 1.54) is 19.1 Å². The van der Waals surface area contributed by atoms with E-state index in [2.05, 4.69) is 20.2 Å². The molecule has 1 unspecified atom stereocenters. The Labute approximate surface area is 186 Å². The lowest BCUT2D eigenvalue weighted by Gasteiger charge is -2.14. The maximum absolute atomic E-state index is 12.2. The number of rotatable bonds is 8. The molecular formula is C22H20F3N3O5. The summed E-state index contributed by atoms with van der Waals surface area (Å²) in [6.45, 7) is 3.33. The van der Waals surface area contributed by atoms with Crippen LogP contribution in [0, 0.1) is 6.92 Å². The zero-order valence-electron chi connectivity index (χ0n) is 17.7. The summed E-state index contributed by atoms with van der Waals surface area (Å²) >= 11 is 0. The van der Waals surface area contributed by atoms with Gasteiger partial charge in [0, 0.05) is 17.7 Å². The van der Waals surface area contributed by atoms with Crippen molar-refractivity contribution in [2.75, 3.05) is 5.32 Å². The van der Waals surface area contributed by atoms with Crippen LogP contribution in [0.5, 0.6) is 5.75 Å². The average molecular weight is 463 g/mol. The van der Waals surface area contributed by atoms with Gasteiger partial charge >= 0.3 is 12.3 Å². The molecule has 11 heteroatoms. The van der Waals surface area contributed by atoms with Crippen LogP contribution in [-0.2, 0) is 20.7 Å². The molecule has 1 N–H and O–H groups in total. The Hall–Kier alpha value is -3.89. The molecule has 33 heavy (non-hydrogen) atoms. The Balaban J connectivity index is 1.45. The fourth-order valence-corrected chi connectivity index (χ4v) is 2.68. The fraction of sp³-hybridized carbons (Fsp3) is 0.273. The number of carbonyl (C=O) groups excluding carboxylic acids is 2. The van der Waals surface area contributed by atoms with Crippen LogP contribution in [0.25, 0.3) is 11.4 Å². The normalized spacial score (nSPS) is 12.2. The van der Waals surface area contributed by atoms with Gasteiger partial charge in [-0.15, -0.1) is 13.2 Å². The Bertz CT molecular complexity index is 1100. The highest BCUT2D eigenvalue weighted by Crippen LogP contribution is 2.24. The van der Waals surface area contributed by atoms with Crippen LogP contribution in [0.2, 0.25) is 0 Å². The molecule has 0 bridgehead atoms. The van der Waals surface area contributed by atoms with Gasteiger partial charge in [-0.3, -0.25) is 9.59 Å². The molecule has 3 aromatic rings. The zero-order valence-corrected chi connectivity index (χ0v) is 17.7. The lowest BCUT2D eigenvalue weighted by molar-refractivity contribution is -0.274. The molecule has 3 rings (SSSR count). The number of ether oxygens (including phenoxy) is 2. The van der Waals surface area contributed by atoms with Crippen LogP contribution in [0.3, 0.4) is 0 Å². The van der Waals surface area contributed by atoms with E-state index < -0.39 is 30.1 Å². The number of aromatic nitrogens is 2. The zero-order chi connectivity index (χ0) is 24.0. The molecule has 0 spiro atoms. The summed E-state index contributed by atoms with van der Waals surface area (Å²) in [5.41, 5.74) is 2.09. The van der Waals surface area contributed by atoms with Crippen molar-refractivity contribution >= 4 is 17.6 Å². The predicted octanol–water partition coefficient (Wildman–Crippen LogP) is 4.45. The van der Waals surface area contributed by atoms with Crippen molar-refractivity contribution in [3.8, 4) is 17.1 Å². The lowest BCUT2D eigenvalue weighted by atomic mass is 10.1. The molecule has 1 heterocycles. The molecule has 1 amide bonds. The number of benzene rings is 2. The Morgan fingerprint density at radius 3 is 2.39 bits per heavy atom. The van der Waals surface area contributed by atoms with Gasteiger partial charge in [-0.1, -0.05) is 35.0 Å². The van der Waals surface area contributed by atoms with Crippen LogP contribution in [-0.4, -0.2) is 34.5 Å². The summed E-state index contributed by atoms with van der Waals surface area (Å²) in [5.74, 6) is -1.07. The summed E-state index contributed by atoms with van der Waals surface area (Å²) in [6.07, 6.45) is -5.89. The summed E-state index contributed by atoms with van der Waals surface area (Å²) in [4.78, 5) is 28.5. The number of amides is 1. The van der Waals surface area contributed by atoms with E-state index in [9.17, 15) is 22.8 Å². The van der Waals surface area contributed by atoms with Crippen molar-refractivity contribution in [1.29, 1.82) is 0 Å². The van der Waals surface area contributed by atoms with E-state index in [1.54, 1.807) is 0 Å². The number of carbonyl (C=O) groups is 2. The summed E-state index contributed by atoms with van der Waals surface area (Å²) in [5, 5.41) is 6.32. The first kappa shape index (κ1) is 23.8. The number of halogens is 3. The molecule has 0 aliphatic rings. The second-order valence-electron chi connectivity index (χ2n) is 7.07. The molecule has 0 aliphatic carbocycles. The quantitative estimate of drug-likeness (QED) is 0.493. The third kappa shape index (κ3) is 7.34. The maximum Gasteiger partial charge on any atom is 0.573 e. The van der Waals surface area contributed by atoms with E-state index >= 15 is 0 Å². The van der Waals surface area contributed by atoms with Crippen molar-refractivity contribution in [2.24, 2.45) is 0 Å². The summed E-state index contributed by atoms with van der Waals surface area (Å²) in [7, 11) is 0. The Morgan fingerprint density at radius 1 is 1.09 bits per heavy atom. The van der Waals surface area contributed by atoms with E-state index in [1.807, 2.05) is 31.2 Å². The Kier molecular flexibility index (Phi) is 7.31. The van der Waals surface area contributed by atoms with Crippen molar-refractivity contribution in [1.82, 2.24) is 10.1 Å². The minimum Gasteiger partial charge on any atom is -0.453 e. The van der Waals surface area contributed by atoms with Crippen molar-refractivity contribution in [3.63, 3.8) is 0 Å². The van der Waals surface area contributed by atoms with Gasteiger partial charge in [0.15, 0.2) is 6.10 Å². The number of hydrogen-bond donors (Lipinski definition) is 1. The van der Waals surface area contributed by atoms with Gasteiger partial charge in [0.25, 0.3) is 5.91 Å². The first-order valence-corrected chi connectivity index (χ1v) is 9.85. The minimum atomic E-state index is -4.81. The molecule has 0 fully saturated rings. The molecule has 1 aromatic heterocycles. The number of hydrogen-bond acceptors (Lipinski definition) is 7. The van der Waals surface area contributed by atoms with Gasteiger partial charge in [0.1, 0.15) is 5.75 Å². The van der Waals surface area contributed by atoms with Gasteiger partial charge < -0.3 is 19.3 Å². The molecule has 0 saturated heterocycles. The van der Waals surface area contributed by atoms with E-state index in [0.29, 0.717) is 5.82 Å². The van der Waals surface area contributed by atoms with Crippen LogP contribution >= 0.6 is 0 Å². The van der Waals surface area contributed by atoms with E-state index in [0.717, 1.165) is 23.3 Å².